The first-order valence-corrected chi connectivity index (χ1v) is 9.63. The van der Waals surface area contributed by atoms with Gasteiger partial charge in [0.05, 0.1) is 17.0 Å². The van der Waals surface area contributed by atoms with Crippen LogP contribution in [0.2, 0.25) is 0 Å². The van der Waals surface area contributed by atoms with Crippen molar-refractivity contribution in [2.24, 2.45) is 0 Å². The minimum Gasteiger partial charge on any atom is -0.332 e. The van der Waals surface area contributed by atoms with Gasteiger partial charge in [0, 0.05) is 23.5 Å². The molecule has 2 aromatic rings. The van der Waals surface area contributed by atoms with Crippen molar-refractivity contribution in [3.8, 4) is 0 Å². The Morgan fingerprint density at radius 2 is 2.19 bits per heavy atom. The van der Waals surface area contributed by atoms with Gasteiger partial charge in [0.15, 0.2) is 0 Å². The fourth-order valence-electron chi connectivity index (χ4n) is 3.16. The van der Waals surface area contributed by atoms with Crippen molar-refractivity contribution in [2.75, 3.05) is 5.75 Å². The number of carbonyl (C=O) groups excluding carboxylic acids is 2. The molecule has 0 aliphatic carbocycles. The molecule has 2 amide bonds. The first-order chi connectivity index (χ1) is 13.1. The Bertz CT molecular complexity index is 828. The van der Waals surface area contributed by atoms with E-state index in [2.05, 4.69) is 25.6 Å². The maximum Gasteiger partial charge on any atom is 0.315 e. The van der Waals surface area contributed by atoms with Crippen molar-refractivity contribution in [3.05, 3.63) is 28.3 Å². The lowest BCUT2D eigenvalue weighted by Gasteiger charge is -2.15. The average molecular weight is 393 g/mol. The fraction of sp³-hybridized carbons (Fsp3) is 0.500. The number of aromatic nitrogens is 2. The molecule has 0 bridgehead atoms. The van der Waals surface area contributed by atoms with Crippen LogP contribution in [0.5, 0.6) is 0 Å². The van der Waals surface area contributed by atoms with Gasteiger partial charge < -0.3 is 15.4 Å². The number of hydrogen-bond donors (Lipinski definition) is 2. The van der Waals surface area contributed by atoms with Crippen LogP contribution in [0.15, 0.2) is 22.8 Å². The maximum atomic E-state index is 11.1. The van der Waals surface area contributed by atoms with Crippen LogP contribution in [0, 0.1) is 10.1 Å². The van der Waals surface area contributed by atoms with Crippen LogP contribution in [0.3, 0.4) is 0 Å². The highest BCUT2D eigenvalue weighted by Crippen LogP contribution is 2.33. The molecule has 2 aliphatic heterocycles. The molecule has 10 nitrogen and oxygen atoms in total. The lowest BCUT2D eigenvalue weighted by Crippen LogP contribution is -2.36. The molecule has 2 aliphatic rings. The normalized spacial score (nSPS) is 23.1. The number of benzene rings is 1. The van der Waals surface area contributed by atoms with Gasteiger partial charge in [-0.1, -0.05) is 12.5 Å². The number of nitro groups is 1. The van der Waals surface area contributed by atoms with E-state index in [1.807, 2.05) is 11.8 Å². The van der Waals surface area contributed by atoms with E-state index in [-0.39, 0.29) is 17.2 Å². The van der Waals surface area contributed by atoms with Crippen molar-refractivity contribution in [1.82, 2.24) is 20.9 Å². The molecule has 1 aromatic carbocycles. The number of unbranched alkanes of at least 4 members (excludes halogenated alkanes) is 2. The highest BCUT2D eigenvalue weighted by Gasteiger charge is 2.42. The molecule has 0 saturated carbocycles. The fourth-order valence-corrected chi connectivity index (χ4v) is 4.70. The van der Waals surface area contributed by atoms with Crippen LogP contribution in [-0.4, -0.2) is 50.6 Å². The van der Waals surface area contributed by atoms with Crippen LogP contribution in [0.25, 0.3) is 11.0 Å². The van der Waals surface area contributed by atoms with Gasteiger partial charge in [-0.15, -0.1) is 0 Å². The third kappa shape index (κ3) is 4.54. The number of fused-ring (bicyclic) bond motifs is 2. The van der Waals surface area contributed by atoms with E-state index in [1.54, 1.807) is 6.07 Å². The van der Waals surface area contributed by atoms with E-state index in [1.165, 1.54) is 12.1 Å². The summed E-state index contributed by atoms with van der Waals surface area (Å²) in [6, 6.07) is 5.08. The van der Waals surface area contributed by atoms with Gasteiger partial charge in [0.25, 0.3) is 0 Å². The number of thioether (sulfide) groups is 1. The zero-order chi connectivity index (χ0) is 19.2. The standard InChI is InChI=1S/C10H16N2O2S.C6H3N3O3/c13-5-3-1-2-4-8-9-7(6-15-8)11-10(14)12-9;10-9(11)5-3-1-2-4-6(5)8-12-7-4/h5,7-9H,1-4,6H2,(H2,11,12,14);1-3H/t7-,8-,9-;/m0./s1. The predicted molar refractivity (Wildman–Crippen MR) is 98.5 cm³/mol. The molecule has 144 valence electrons. The van der Waals surface area contributed by atoms with Gasteiger partial charge >= 0.3 is 11.7 Å². The predicted octanol–water partition coefficient (Wildman–Crippen LogP) is 2.04. The largest absolute Gasteiger partial charge is 0.332 e. The second-order valence-electron chi connectivity index (χ2n) is 6.24. The van der Waals surface area contributed by atoms with Crippen LogP contribution >= 0.6 is 11.8 Å². The van der Waals surface area contributed by atoms with E-state index >= 15 is 0 Å². The van der Waals surface area contributed by atoms with Gasteiger partial charge in [0.1, 0.15) is 11.8 Å². The smallest absolute Gasteiger partial charge is 0.315 e. The summed E-state index contributed by atoms with van der Waals surface area (Å²) in [5, 5.41) is 23.7. The third-order valence-electron chi connectivity index (χ3n) is 4.46. The van der Waals surface area contributed by atoms with Crippen LogP contribution in [0.4, 0.5) is 10.5 Å². The molecule has 0 spiro atoms. The molecule has 2 N–H and O–H groups in total. The Balaban J connectivity index is 0.000000159. The average Bonchev–Trinajstić information content (AvgIpc) is 3.35. The molecule has 0 unspecified atom stereocenters. The van der Waals surface area contributed by atoms with E-state index in [0.29, 0.717) is 29.3 Å². The molecule has 27 heavy (non-hydrogen) atoms. The van der Waals surface area contributed by atoms with Crippen molar-refractivity contribution in [3.63, 3.8) is 0 Å². The SMILES string of the molecule is O=CCCCC[C@@H]1SC[C@@H]2NC(=O)N[C@@H]21.O=[N+]([O-])c1cccc2nonc12. The molecular formula is C16H19N5O5S. The minimum absolute atomic E-state index is 0.0248. The van der Waals surface area contributed by atoms with Crippen LogP contribution < -0.4 is 10.6 Å². The Morgan fingerprint density at radius 3 is 2.96 bits per heavy atom. The van der Waals surface area contributed by atoms with Gasteiger partial charge in [-0.05, 0) is 29.2 Å². The quantitative estimate of drug-likeness (QED) is 0.250. The van der Waals surface area contributed by atoms with Crippen molar-refractivity contribution < 1.29 is 19.1 Å². The number of carbonyl (C=O) groups is 2. The summed E-state index contributed by atoms with van der Waals surface area (Å²) in [6.07, 6.45) is 4.79. The van der Waals surface area contributed by atoms with Crippen molar-refractivity contribution in [2.45, 2.75) is 43.0 Å². The second-order valence-corrected chi connectivity index (χ2v) is 7.51. The minimum atomic E-state index is -0.521. The Hall–Kier alpha value is -2.69. The summed E-state index contributed by atoms with van der Waals surface area (Å²) in [7, 11) is 0. The monoisotopic (exact) mass is 393 g/mol. The Morgan fingerprint density at radius 1 is 1.33 bits per heavy atom. The molecule has 4 rings (SSSR count). The molecule has 11 heteroatoms. The van der Waals surface area contributed by atoms with Gasteiger partial charge in [0.2, 0.25) is 5.52 Å². The highest BCUT2D eigenvalue weighted by atomic mass is 32.2. The summed E-state index contributed by atoms with van der Waals surface area (Å²) in [4.78, 5) is 31.1. The number of nitrogens with one attached hydrogen (secondary N) is 2. The van der Waals surface area contributed by atoms with E-state index in [0.717, 1.165) is 31.3 Å². The van der Waals surface area contributed by atoms with E-state index in [4.69, 9.17) is 0 Å². The summed E-state index contributed by atoms with van der Waals surface area (Å²) < 4.78 is 4.35. The van der Waals surface area contributed by atoms with Crippen molar-refractivity contribution in [1.29, 1.82) is 0 Å². The summed E-state index contributed by atoms with van der Waals surface area (Å²) in [5.41, 5.74) is 0.487. The first kappa shape index (κ1) is 19.1. The number of hydrogen-bond acceptors (Lipinski definition) is 8. The Labute approximate surface area is 158 Å². The number of amides is 2. The van der Waals surface area contributed by atoms with Crippen LogP contribution in [0.1, 0.15) is 25.7 Å². The van der Waals surface area contributed by atoms with Crippen molar-refractivity contribution >= 4 is 40.8 Å². The second kappa shape index (κ2) is 8.80. The molecule has 1 aromatic heterocycles. The molecule has 3 atom stereocenters. The summed E-state index contributed by atoms with van der Waals surface area (Å²) >= 11 is 1.93. The number of nitrogens with zero attached hydrogens (tertiary/aromatic N) is 3. The van der Waals surface area contributed by atoms with E-state index < -0.39 is 4.92 Å². The summed E-state index contributed by atoms with van der Waals surface area (Å²) in [5.74, 6) is 1.02. The molecule has 0 radical (unpaired) electrons. The maximum absolute atomic E-state index is 11.1. The number of rotatable bonds is 6. The Kier molecular flexibility index (Phi) is 6.22. The first-order valence-electron chi connectivity index (χ1n) is 8.58. The molecule has 2 fully saturated rings. The molecular weight excluding hydrogens is 374 g/mol. The molecule has 2 saturated heterocycles. The van der Waals surface area contributed by atoms with E-state index in [9.17, 15) is 19.7 Å². The lowest BCUT2D eigenvalue weighted by molar-refractivity contribution is -0.383. The zero-order valence-electron chi connectivity index (χ0n) is 14.4. The molecule has 3 heterocycles. The zero-order valence-corrected chi connectivity index (χ0v) is 15.2. The summed E-state index contributed by atoms with van der Waals surface area (Å²) in [6.45, 7) is 0. The topological polar surface area (TPSA) is 140 Å². The third-order valence-corrected chi connectivity index (χ3v) is 5.97. The number of aldehydes is 1. The van der Waals surface area contributed by atoms with Crippen LogP contribution in [-0.2, 0) is 4.79 Å². The highest BCUT2D eigenvalue weighted by molar-refractivity contribution is 8.00. The number of urea groups is 1. The van der Waals surface area contributed by atoms with Gasteiger partial charge in [-0.25, -0.2) is 9.42 Å². The number of nitro benzene ring substituents is 1. The number of non-ortho nitro benzene ring substituents is 1. The van der Waals surface area contributed by atoms with Gasteiger partial charge in [-0.3, -0.25) is 10.1 Å². The lowest BCUT2D eigenvalue weighted by atomic mass is 10.0. The van der Waals surface area contributed by atoms with Gasteiger partial charge in [-0.2, -0.15) is 11.8 Å².